The van der Waals surface area contributed by atoms with Gasteiger partial charge in [-0.05, 0) is 0 Å². The van der Waals surface area contributed by atoms with Crippen molar-refractivity contribution in [1.82, 2.24) is 5.32 Å². The smallest absolute Gasteiger partial charge is 0.338 e. The van der Waals surface area contributed by atoms with Crippen molar-refractivity contribution in [3.63, 3.8) is 0 Å². The highest BCUT2D eigenvalue weighted by Gasteiger charge is 2.26. The lowest BCUT2D eigenvalue weighted by Gasteiger charge is -2.04. The third-order valence-electron chi connectivity index (χ3n) is 0.440. The molecule has 0 unspecified atom stereocenters. The standard InChI is InChI=1S/C3H4F3NOS/c4-3(5,6)1-7-2(8)9/h1H2,(H2,7,8,9). The van der Waals surface area contributed by atoms with Crippen molar-refractivity contribution in [1.29, 1.82) is 0 Å². The molecule has 0 aromatic carbocycles. The summed E-state index contributed by atoms with van der Waals surface area (Å²) < 4.78 is 33.5. The minimum Gasteiger partial charge on any atom is -0.338 e. The van der Waals surface area contributed by atoms with Gasteiger partial charge in [0, 0.05) is 0 Å². The third kappa shape index (κ3) is 7.61. The van der Waals surface area contributed by atoms with E-state index in [1.54, 1.807) is 0 Å². The predicted octanol–water partition coefficient (Wildman–Crippen LogP) is 1.19. The molecular formula is C3H4F3NOS. The molecule has 0 aromatic rings. The molecule has 1 N–H and O–H groups in total. The van der Waals surface area contributed by atoms with E-state index < -0.39 is 18.0 Å². The Morgan fingerprint density at radius 3 is 2.11 bits per heavy atom. The maximum Gasteiger partial charge on any atom is 0.405 e. The number of nitrogens with one attached hydrogen (secondary N) is 1. The molecule has 0 atom stereocenters. The molecule has 9 heavy (non-hydrogen) atoms. The molecule has 1 amide bonds. The predicted molar refractivity (Wildman–Crippen MR) is 28.4 cm³/mol. The molecule has 0 saturated heterocycles. The van der Waals surface area contributed by atoms with E-state index in [1.807, 2.05) is 0 Å². The van der Waals surface area contributed by atoms with Crippen LogP contribution in [0.15, 0.2) is 0 Å². The topological polar surface area (TPSA) is 29.1 Å². The van der Waals surface area contributed by atoms with Crippen molar-refractivity contribution in [2.24, 2.45) is 0 Å². The van der Waals surface area contributed by atoms with E-state index in [-0.39, 0.29) is 0 Å². The van der Waals surface area contributed by atoms with Crippen LogP contribution in [0.1, 0.15) is 0 Å². The fourth-order valence-corrected chi connectivity index (χ4v) is 0.255. The van der Waals surface area contributed by atoms with E-state index >= 15 is 0 Å². The van der Waals surface area contributed by atoms with Crippen LogP contribution in [0.25, 0.3) is 0 Å². The van der Waals surface area contributed by atoms with Crippen molar-refractivity contribution < 1.29 is 18.0 Å². The largest absolute Gasteiger partial charge is 0.405 e. The van der Waals surface area contributed by atoms with Gasteiger partial charge in [0.25, 0.3) is 5.24 Å². The normalized spacial score (nSPS) is 11.1. The Morgan fingerprint density at radius 1 is 1.56 bits per heavy atom. The van der Waals surface area contributed by atoms with Crippen molar-refractivity contribution in [3.8, 4) is 0 Å². The highest BCUT2D eigenvalue weighted by Crippen LogP contribution is 2.12. The molecule has 0 heterocycles. The zero-order valence-electron chi connectivity index (χ0n) is 4.20. The van der Waals surface area contributed by atoms with Crippen LogP contribution in [-0.2, 0) is 0 Å². The van der Waals surface area contributed by atoms with E-state index in [0.29, 0.717) is 0 Å². The molecule has 0 saturated carbocycles. The molecule has 0 radical (unpaired) electrons. The second-order valence-corrected chi connectivity index (χ2v) is 1.68. The zero-order valence-corrected chi connectivity index (χ0v) is 5.09. The second kappa shape index (κ2) is 2.95. The van der Waals surface area contributed by atoms with Gasteiger partial charge in [-0.1, -0.05) is 12.6 Å². The first-order valence-corrected chi connectivity index (χ1v) is 2.40. The number of alkyl halides is 3. The van der Waals surface area contributed by atoms with E-state index in [9.17, 15) is 18.0 Å². The summed E-state index contributed by atoms with van der Waals surface area (Å²) in [5, 5.41) is 0.506. The van der Waals surface area contributed by atoms with Crippen LogP contribution in [0, 0.1) is 0 Å². The van der Waals surface area contributed by atoms with Crippen LogP contribution in [0.2, 0.25) is 0 Å². The average molecular weight is 159 g/mol. The van der Waals surface area contributed by atoms with Gasteiger partial charge in [-0.15, -0.1) is 0 Å². The first kappa shape index (κ1) is 8.61. The van der Waals surface area contributed by atoms with E-state index in [1.165, 1.54) is 5.32 Å². The third-order valence-corrected chi connectivity index (χ3v) is 0.598. The van der Waals surface area contributed by atoms with E-state index in [2.05, 4.69) is 12.6 Å². The number of thiol groups is 1. The fourth-order valence-electron chi connectivity index (χ4n) is 0.176. The summed E-state index contributed by atoms with van der Waals surface area (Å²) >= 11 is 3.06. The molecule has 0 fully saturated rings. The number of carbonyl (C=O) groups is 1. The van der Waals surface area contributed by atoms with Crippen LogP contribution in [0.4, 0.5) is 18.0 Å². The maximum absolute atomic E-state index is 11.2. The van der Waals surface area contributed by atoms with Crippen LogP contribution < -0.4 is 5.32 Å². The van der Waals surface area contributed by atoms with E-state index in [0.717, 1.165) is 0 Å². The Morgan fingerprint density at radius 2 is 2.00 bits per heavy atom. The number of hydrogen-bond acceptors (Lipinski definition) is 1. The van der Waals surface area contributed by atoms with Crippen LogP contribution >= 0.6 is 12.6 Å². The van der Waals surface area contributed by atoms with Gasteiger partial charge >= 0.3 is 6.18 Å². The molecule has 6 heteroatoms. The van der Waals surface area contributed by atoms with Crippen molar-refractivity contribution in [3.05, 3.63) is 0 Å². The van der Waals surface area contributed by atoms with Crippen LogP contribution in [0.5, 0.6) is 0 Å². The molecular weight excluding hydrogens is 155 g/mol. The summed E-state index contributed by atoms with van der Waals surface area (Å²) in [6.07, 6.45) is -4.35. The maximum atomic E-state index is 11.2. The van der Waals surface area contributed by atoms with Gasteiger partial charge in [0.1, 0.15) is 6.54 Å². The first-order chi connectivity index (χ1) is 3.92. The van der Waals surface area contributed by atoms with Crippen LogP contribution in [-0.4, -0.2) is 18.0 Å². The lowest BCUT2D eigenvalue weighted by molar-refractivity contribution is -0.122. The molecule has 0 aromatic heterocycles. The van der Waals surface area contributed by atoms with Gasteiger partial charge in [0.2, 0.25) is 0 Å². The minimum absolute atomic E-state index is 0.979. The Labute approximate surface area is 54.8 Å². The molecule has 0 spiro atoms. The summed E-state index contributed by atoms with van der Waals surface area (Å²) in [7, 11) is 0. The van der Waals surface area contributed by atoms with Gasteiger partial charge in [-0.25, -0.2) is 0 Å². The lowest BCUT2D eigenvalue weighted by atomic mass is 10.6. The Bertz CT molecular complexity index is 112. The van der Waals surface area contributed by atoms with Crippen molar-refractivity contribution in [2.75, 3.05) is 6.54 Å². The quantitative estimate of drug-likeness (QED) is 0.553. The number of carbonyl (C=O) groups excluding carboxylic acids is 1. The lowest BCUT2D eigenvalue weighted by Crippen LogP contribution is -2.30. The highest BCUT2D eigenvalue weighted by molar-refractivity contribution is 7.96. The molecule has 0 aliphatic heterocycles. The molecule has 0 rings (SSSR count). The summed E-state index contributed by atoms with van der Waals surface area (Å²) in [6.45, 7) is -1.32. The summed E-state index contributed by atoms with van der Waals surface area (Å²) in [4.78, 5) is 9.74. The van der Waals surface area contributed by atoms with Gasteiger partial charge in [-0.3, -0.25) is 4.79 Å². The van der Waals surface area contributed by atoms with Crippen LogP contribution in [0.3, 0.4) is 0 Å². The van der Waals surface area contributed by atoms with Gasteiger partial charge in [0.05, 0.1) is 0 Å². The molecule has 2 nitrogen and oxygen atoms in total. The second-order valence-electron chi connectivity index (χ2n) is 1.27. The first-order valence-electron chi connectivity index (χ1n) is 1.95. The Kier molecular flexibility index (Phi) is 2.83. The minimum atomic E-state index is -4.35. The van der Waals surface area contributed by atoms with Crippen molar-refractivity contribution in [2.45, 2.75) is 6.18 Å². The SMILES string of the molecule is O=C(S)NCC(F)(F)F. The average Bonchev–Trinajstić information content (AvgIpc) is 1.59. The summed E-state index contributed by atoms with van der Waals surface area (Å²) in [5.41, 5.74) is 0. The van der Waals surface area contributed by atoms with Gasteiger partial charge < -0.3 is 5.32 Å². The number of halogens is 3. The van der Waals surface area contributed by atoms with Crippen molar-refractivity contribution >= 4 is 17.9 Å². The Hall–Kier alpha value is -0.390. The summed E-state index contributed by atoms with van der Waals surface area (Å²) in [6, 6.07) is 0. The Balaban J connectivity index is 3.39. The number of amides is 1. The zero-order chi connectivity index (χ0) is 7.49. The highest BCUT2D eigenvalue weighted by atomic mass is 32.1. The molecule has 0 aliphatic carbocycles. The number of hydrogen-bond donors (Lipinski definition) is 2. The molecule has 0 aliphatic rings. The number of rotatable bonds is 1. The fraction of sp³-hybridized carbons (Fsp3) is 0.667. The van der Waals surface area contributed by atoms with E-state index in [4.69, 9.17) is 0 Å². The monoisotopic (exact) mass is 159 g/mol. The summed E-state index contributed by atoms with van der Waals surface area (Å²) in [5.74, 6) is 0. The van der Waals surface area contributed by atoms with Gasteiger partial charge in [0.15, 0.2) is 0 Å². The van der Waals surface area contributed by atoms with Gasteiger partial charge in [-0.2, -0.15) is 13.2 Å². The molecule has 54 valence electrons. The molecule has 0 bridgehead atoms.